The van der Waals surface area contributed by atoms with E-state index in [2.05, 4.69) is 19.9 Å². The van der Waals surface area contributed by atoms with Crippen LogP contribution in [0.2, 0.25) is 0 Å². The molecule has 0 amide bonds. The van der Waals surface area contributed by atoms with Gasteiger partial charge in [0.2, 0.25) is 0 Å². The smallest absolute Gasteiger partial charge is 0.129 e. The van der Waals surface area contributed by atoms with Crippen molar-refractivity contribution in [3.63, 3.8) is 0 Å². The molecule has 3 unspecified atom stereocenters. The van der Waals surface area contributed by atoms with Crippen LogP contribution >= 0.6 is 0 Å². The summed E-state index contributed by atoms with van der Waals surface area (Å²) in [6.45, 7) is 4.24. The van der Waals surface area contributed by atoms with Crippen LogP contribution in [0, 0.1) is 6.92 Å². The summed E-state index contributed by atoms with van der Waals surface area (Å²) in [5.74, 6) is 1.23. The third kappa shape index (κ3) is 2.44. The molecule has 1 aliphatic rings. The topological polar surface area (TPSA) is 29.5 Å². The van der Waals surface area contributed by atoms with Gasteiger partial charge in [-0.3, -0.25) is 0 Å². The Balaban J connectivity index is 1.84. The van der Waals surface area contributed by atoms with Crippen LogP contribution in [-0.2, 0) is 0 Å². The maximum Gasteiger partial charge on any atom is 0.129 e. The average Bonchev–Trinajstić information content (AvgIpc) is 2.47. The first-order valence-electron chi connectivity index (χ1n) is 7.15. The number of rotatable bonds is 2. The van der Waals surface area contributed by atoms with E-state index >= 15 is 0 Å². The van der Waals surface area contributed by atoms with Gasteiger partial charge in [-0.1, -0.05) is 48.9 Å². The third-order valence-corrected chi connectivity index (χ3v) is 4.09. The highest BCUT2D eigenvalue weighted by Crippen LogP contribution is 2.39. The number of hydrogen-bond acceptors (Lipinski definition) is 2. The van der Waals surface area contributed by atoms with Crippen LogP contribution in [0.1, 0.15) is 42.1 Å². The fraction of sp³-hybridized carbons (Fsp3) is 0.333. The second-order valence-electron chi connectivity index (χ2n) is 5.68. The minimum atomic E-state index is -0.552. The second kappa shape index (κ2) is 5.29. The largest absolute Gasteiger partial charge is 0.487 e. The summed E-state index contributed by atoms with van der Waals surface area (Å²) in [6.07, 6.45) is 0.109. The molecule has 0 radical (unpaired) electrons. The zero-order valence-electron chi connectivity index (χ0n) is 11.9. The second-order valence-corrected chi connectivity index (χ2v) is 5.68. The van der Waals surface area contributed by atoms with Gasteiger partial charge in [0.05, 0.1) is 0 Å². The van der Waals surface area contributed by atoms with Crippen molar-refractivity contribution in [2.75, 3.05) is 0 Å². The molecule has 0 bridgehead atoms. The number of aryl methyl sites for hydroxylation is 1. The molecule has 20 heavy (non-hydrogen) atoms. The van der Waals surface area contributed by atoms with Crippen molar-refractivity contribution in [3.8, 4) is 5.75 Å². The van der Waals surface area contributed by atoms with Crippen LogP contribution in [-0.4, -0.2) is 11.2 Å². The Hall–Kier alpha value is -1.80. The summed E-state index contributed by atoms with van der Waals surface area (Å²) in [6, 6.07) is 16.1. The molecule has 3 atom stereocenters. The van der Waals surface area contributed by atoms with Crippen molar-refractivity contribution in [1.82, 2.24) is 0 Å². The molecule has 0 fully saturated rings. The molecule has 0 saturated heterocycles. The maximum absolute atomic E-state index is 10.5. The minimum absolute atomic E-state index is 0.178. The third-order valence-electron chi connectivity index (χ3n) is 4.09. The Bertz CT molecular complexity index is 589. The zero-order chi connectivity index (χ0) is 14.1. The van der Waals surface area contributed by atoms with E-state index in [0.717, 1.165) is 17.7 Å². The number of benzene rings is 2. The molecule has 0 aliphatic heterocycles. The molecule has 1 N–H and O–H groups in total. The van der Waals surface area contributed by atoms with Crippen LogP contribution < -0.4 is 4.74 Å². The van der Waals surface area contributed by atoms with Crippen molar-refractivity contribution in [2.24, 2.45) is 0 Å². The van der Waals surface area contributed by atoms with Gasteiger partial charge in [0.1, 0.15) is 18.0 Å². The molecular weight excluding hydrogens is 248 g/mol. The van der Waals surface area contributed by atoms with E-state index in [-0.39, 0.29) is 6.10 Å². The lowest BCUT2D eigenvalue weighted by molar-refractivity contribution is 0.0179. The molecule has 0 saturated carbocycles. The Morgan fingerprint density at radius 1 is 1.00 bits per heavy atom. The number of aliphatic hydroxyl groups excluding tert-OH is 1. The van der Waals surface area contributed by atoms with E-state index in [1.54, 1.807) is 0 Å². The summed E-state index contributed by atoms with van der Waals surface area (Å²) in [5.41, 5.74) is 3.45. The summed E-state index contributed by atoms with van der Waals surface area (Å²) < 4.78 is 6.00. The predicted molar refractivity (Wildman–Crippen MR) is 80.0 cm³/mol. The number of fused-ring (bicyclic) bond motifs is 1. The predicted octanol–water partition coefficient (Wildman–Crippen LogP) is 3.98. The molecule has 0 aromatic heterocycles. The number of aliphatic hydroxyl groups is 1. The fourth-order valence-corrected chi connectivity index (χ4v) is 2.94. The van der Waals surface area contributed by atoms with Crippen molar-refractivity contribution in [1.29, 1.82) is 0 Å². The lowest BCUT2D eigenvalue weighted by Crippen LogP contribution is -2.32. The first kappa shape index (κ1) is 13.2. The van der Waals surface area contributed by atoms with Crippen molar-refractivity contribution >= 4 is 0 Å². The van der Waals surface area contributed by atoms with Crippen LogP contribution in [0.3, 0.4) is 0 Å². The van der Waals surface area contributed by atoms with E-state index in [4.69, 9.17) is 4.74 Å². The van der Waals surface area contributed by atoms with Crippen LogP contribution in [0.15, 0.2) is 48.5 Å². The summed E-state index contributed by atoms with van der Waals surface area (Å²) in [4.78, 5) is 0. The average molecular weight is 268 g/mol. The Morgan fingerprint density at radius 3 is 2.35 bits per heavy atom. The van der Waals surface area contributed by atoms with Gasteiger partial charge in [0.25, 0.3) is 0 Å². The monoisotopic (exact) mass is 268 g/mol. The van der Waals surface area contributed by atoms with Crippen LogP contribution in [0.4, 0.5) is 0 Å². The van der Waals surface area contributed by atoms with Gasteiger partial charge in [0.15, 0.2) is 0 Å². The molecule has 104 valence electrons. The quantitative estimate of drug-likeness (QED) is 0.892. The van der Waals surface area contributed by atoms with E-state index in [0.29, 0.717) is 5.92 Å². The van der Waals surface area contributed by atoms with Gasteiger partial charge in [-0.25, -0.2) is 0 Å². The summed E-state index contributed by atoms with van der Waals surface area (Å²) >= 11 is 0. The molecule has 0 spiro atoms. The Labute approximate surface area is 120 Å². The lowest BCUT2D eigenvalue weighted by Gasteiger charge is -2.34. The summed E-state index contributed by atoms with van der Waals surface area (Å²) in [7, 11) is 0. The maximum atomic E-state index is 10.5. The normalized spacial score (nSPS) is 25.1. The Kier molecular flexibility index (Phi) is 3.49. The van der Waals surface area contributed by atoms with Gasteiger partial charge in [-0.15, -0.1) is 0 Å². The molecule has 2 aromatic carbocycles. The van der Waals surface area contributed by atoms with Crippen molar-refractivity contribution in [3.05, 3.63) is 65.2 Å². The van der Waals surface area contributed by atoms with Crippen molar-refractivity contribution < 1.29 is 9.84 Å². The first-order valence-corrected chi connectivity index (χ1v) is 7.15. The minimum Gasteiger partial charge on any atom is -0.487 e. The molecule has 0 heterocycles. The van der Waals surface area contributed by atoms with Gasteiger partial charge in [0, 0.05) is 0 Å². The molecule has 1 aliphatic carbocycles. The fourth-order valence-electron chi connectivity index (χ4n) is 2.94. The van der Waals surface area contributed by atoms with E-state index < -0.39 is 6.10 Å². The lowest BCUT2D eigenvalue weighted by atomic mass is 9.80. The first-order chi connectivity index (χ1) is 9.65. The van der Waals surface area contributed by atoms with E-state index in [1.807, 2.05) is 42.5 Å². The molecule has 2 heteroatoms. The number of ether oxygens (including phenoxy) is 1. The molecule has 2 aromatic rings. The molecular formula is C18H20O2. The highest BCUT2D eigenvalue weighted by atomic mass is 16.5. The molecule has 2 nitrogen and oxygen atoms in total. The van der Waals surface area contributed by atoms with E-state index in [1.165, 1.54) is 11.1 Å². The standard InChI is InChI=1S/C18H20O2/c1-12-7-9-14(10-8-12)20-17-11-13(2)15-5-3-4-6-16(15)18(17)19/h3-10,13,17-19H,11H2,1-2H3. The van der Waals surface area contributed by atoms with Crippen LogP contribution in [0.25, 0.3) is 0 Å². The van der Waals surface area contributed by atoms with Gasteiger partial charge in [-0.2, -0.15) is 0 Å². The highest BCUT2D eigenvalue weighted by Gasteiger charge is 2.33. The highest BCUT2D eigenvalue weighted by molar-refractivity contribution is 5.36. The Morgan fingerprint density at radius 2 is 1.65 bits per heavy atom. The molecule has 3 rings (SSSR count). The van der Waals surface area contributed by atoms with Gasteiger partial charge < -0.3 is 9.84 Å². The SMILES string of the molecule is Cc1ccc(OC2CC(C)c3ccccc3C2O)cc1. The van der Waals surface area contributed by atoms with Gasteiger partial charge in [-0.05, 0) is 42.5 Å². The van der Waals surface area contributed by atoms with Gasteiger partial charge >= 0.3 is 0 Å². The van der Waals surface area contributed by atoms with Crippen molar-refractivity contribution in [2.45, 2.75) is 38.4 Å². The number of hydrogen-bond donors (Lipinski definition) is 1. The van der Waals surface area contributed by atoms with Crippen LogP contribution in [0.5, 0.6) is 5.75 Å². The summed E-state index contributed by atoms with van der Waals surface area (Å²) in [5, 5.41) is 10.5. The van der Waals surface area contributed by atoms with E-state index in [9.17, 15) is 5.11 Å². The zero-order valence-corrected chi connectivity index (χ0v) is 11.9.